The van der Waals surface area contributed by atoms with Crippen molar-refractivity contribution < 1.29 is 16.8 Å². The Labute approximate surface area is 162 Å². The molecule has 3 aromatic carbocycles. The molecule has 0 bridgehead atoms. The topological polar surface area (TPSA) is 71.5 Å². The quantitative estimate of drug-likeness (QED) is 0.623. The van der Waals surface area contributed by atoms with Gasteiger partial charge in [0.15, 0.2) is 0 Å². The Hall–Kier alpha value is -2.35. The molecule has 3 aromatic rings. The Bertz CT molecular complexity index is 1280. The number of hydrogen-bond donors (Lipinski definition) is 0. The summed E-state index contributed by atoms with van der Waals surface area (Å²) in [7, 11) is -8.73. The third-order valence-electron chi connectivity index (χ3n) is 4.43. The van der Waals surface area contributed by atoms with E-state index >= 15 is 0 Å². The second kappa shape index (κ2) is 6.09. The van der Waals surface area contributed by atoms with Gasteiger partial charge in [-0.15, -0.1) is 0 Å². The van der Waals surface area contributed by atoms with Gasteiger partial charge in [0.25, 0.3) is 20.0 Å². The fourth-order valence-corrected chi connectivity index (χ4v) is 7.28. The number of hydrogen-bond acceptors (Lipinski definition) is 4. The number of sulfonamides is 2. The molecule has 0 unspecified atom stereocenters. The predicted molar refractivity (Wildman–Crippen MR) is 105 cm³/mol. The van der Waals surface area contributed by atoms with Crippen LogP contribution in [0.2, 0.25) is 5.02 Å². The maximum absolute atomic E-state index is 13.3. The molecule has 0 amide bonds. The predicted octanol–water partition coefficient (Wildman–Crippen LogP) is 4.21. The van der Waals surface area contributed by atoms with E-state index in [1.807, 2.05) is 0 Å². The van der Waals surface area contributed by atoms with Crippen LogP contribution in [0.15, 0.2) is 76.5 Å². The van der Waals surface area contributed by atoms with Crippen molar-refractivity contribution in [2.75, 3.05) is 3.71 Å². The van der Waals surface area contributed by atoms with Crippen molar-refractivity contribution in [2.24, 2.45) is 0 Å². The van der Waals surface area contributed by atoms with Crippen molar-refractivity contribution in [3.8, 4) is 11.1 Å². The van der Waals surface area contributed by atoms with Crippen molar-refractivity contribution in [1.82, 2.24) is 0 Å². The number of halogens is 1. The first-order valence-corrected chi connectivity index (χ1v) is 11.3. The lowest BCUT2D eigenvalue weighted by Crippen LogP contribution is -2.39. The molecule has 1 aliphatic heterocycles. The fraction of sp³-hybridized carbons (Fsp3) is 0.0526. The summed E-state index contributed by atoms with van der Waals surface area (Å²) in [6.45, 7) is 1.74. The molecule has 0 saturated carbocycles. The van der Waals surface area contributed by atoms with E-state index in [0.29, 0.717) is 20.4 Å². The molecule has 1 aliphatic rings. The minimum Gasteiger partial charge on any atom is -0.200 e. The molecule has 0 aromatic heterocycles. The Morgan fingerprint density at radius 1 is 0.889 bits per heavy atom. The Balaban J connectivity index is 2.04. The third kappa shape index (κ3) is 2.65. The highest BCUT2D eigenvalue weighted by Crippen LogP contribution is 2.45. The van der Waals surface area contributed by atoms with Crippen LogP contribution >= 0.6 is 11.6 Å². The molecule has 27 heavy (non-hydrogen) atoms. The normalized spacial score (nSPS) is 15.1. The van der Waals surface area contributed by atoms with Crippen LogP contribution in [0.25, 0.3) is 11.1 Å². The van der Waals surface area contributed by atoms with E-state index in [0.717, 1.165) is 0 Å². The lowest BCUT2D eigenvalue weighted by molar-refractivity contribution is 0.583. The second-order valence-electron chi connectivity index (χ2n) is 6.13. The summed E-state index contributed by atoms with van der Waals surface area (Å²) < 4.78 is 53.7. The van der Waals surface area contributed by atoms with Gasteiger partial charge in [-0.05, 0) is 36.8 Å². The van der Waals surface area contributed by atoms with E-state index in [9.17, 15) is 16.8 Å². The van der Waals surface area contributed by atoms with Crippen molar-refractivity contribution in [3.05, 3.63) is 77.3 Å². The van der Waals surface area contributed by atoms with Crippen LogP contribution < -0.4 is 3.71 Å². The first kappa shape index (κ1) is 18.0. The van der Waals surface area contributed by atoms with Gasteiger partial charge in [0.05, 0.1) is 15.5 Å². The zero-order chi connectivity index (χ0) is 19.4. The minimum absolute atomic E-state index is 0.0505. The zero-order valence-electron chi connectivity index (χ0n) is 14.1. The van der Waals surface area contributed by atoms with Crippen LogP contribution in [-0.4, -0.2) is 16.8 Å². The summed E-state index contributed by atoms with van der Waals surface area (Å²) in [6.07, 6.45) is 0. The van der Waals surface area contributed by atoms with Gasteiger partial charge in [0.2, 0.25) is 0 Å². The van der Waals surface area contributed by atoms with Crippen LogP contribution in [0.4, 0.5) is 5.69 Å². The largest absolute Gasteiger partial charge is 0.278 e. The van der Waals surface area contributed by atoms with Gasteiger partial charge in [-0.1, -0.05) is 54.1 Å². The number of rotatable bonds is 2. The van der Waals surface area contributed by atoms with Gasteiger partial charge >= 0.3 is 0 Å². The Kier molecular flexibility index (Phi) is 4.06. The molecular weight excluding hydrogens is 406 g/mol. The number of nitrogens with zero attached hydrogens (tertiary/aromatic N) is 1. The molecule has 0 radical (unpaired) electrons. The molecule has 138 valence electrons. The number of aryl methyl sites for hydroxylation is 1. The summed E-state index contributed by atoms with van der Waals surface area (Å²) in [5, 5.41) is 0.249. The molecule has 4 rings (SSSR count). The van der Waals surface area contributed by atoms with Crippen LogP contribution in [0.3, 0.4) is 0 Å². The Morgan fingerprint density at radius 3 is 2.22 bits per heavy atom. The number of para-hydroxylation sites is 1. The smallest absolute Gasteiger partial charge is 0.200 e. The van der Waals surface area contributed by atoms with Gasteiger partial charge in [-0.3, -0.25) is 0 Å². The van der Waals surface area contributed by atoms with E-state index in [4.69, 9.17) is 11.6 Å². The maximum atomic E-state index is 13.3. The van der Waals surface area contributed by atoms with E-state index < -0.39 is 20.0 Å². The monoisotopic (exact) mass is 419 g/mol. The van der Waals surface area contributed by atoms with Gasteiger partial charge in [-0.25, -0.2) is 8.42 Å². The van der Waals surface area contributed by atoms with E-state index in [1.54, 1.807) is 49.4 Å². The second-order valence-corrected chi connectivity index (χ2v) is 10.3. The molecule has 5 nitrogen and oxygen atoms in total. The molecule has 0 atom stereocenters. The van der Waals surface area contributed by atoms with Gasteiger partial charge < -0.3 is 0 Å². The molecule has 0 spiro atoms. The minimum atomic E-state index is -4.40. The molecule has 0 N–H and O–H groups in total. The number of benzene rings is 3. The molecule has 1 heterocycles. The van der Waals surface area contributed by atoms with Crippen molar-refractivity contribution in [1.29, 1.82) is 0 Å². The highest BCUT2D eigenvalue weighted by atomic mass is 35.5. The highest BCUT2D eigenvalue weighted by molar-refractivity contribution is 8.10. The maximum Gasteiger partial charge on any atom is 0.278 e. The van der Waals surface area contributed by atoms with Crippen LogP contribution in [0, 0.1) is 6.92 Å². The van der Waals surface area contributed by atoms with Gasteiger partial charge in [0.1, 0.15) is 0 Å². The lowest BCUT2D eigenvalue weighted by Gasteiger charge is -2.31. The van der Waals surface area contributed by atoms with Crippen molar-refractivity contribution in [2.45, 2.75) is 16.7 Å². The van der Waals surface area contributed by atoms with Crippen molar-refractivity contribution in [3.63, 3.8) is 0 Å². The average molecular weight is 420 g/mol. The first-order valence-electron chi connectivity index (χ1n) is 8.00. The average Bonchev–Trinajstić information content (AvgIpc) is 2.63. The zero-order valence-corrected chi connectivity index (χ0v) is 16.5. The van der Waals surface area contributed by atoms with Gasteiger partial charge in [-0.2, -0.15) is 12.1 Å². The SMILES string of the molecule is Cc1ccc(S(=O)(=O)N2c3ccccc3-c3ccccc3S2(=O)=O)cc1Cl. The van der Waals surface area contributed by atoms with Crippen LogP contribution in [0.1, 0.15) is 5.56 Å². The van der Waals surface area contributed by atoms with Crippen molar-refractivity contribution >= 4 is 37.3 Å². The Morgan fingerprint density at radius 2 is 1.52 bits per heavy atom. The first-order chi connectivity index (χ1) is 12.7. The van der Waals surface area contributed by atoms with Crippen LogP contribution in [0.5, 0.6) is 0 Å². The molecule has 8 heteroatoms. The van der Waals surface area contributed by atoms with E-state index in [-0.39, 0.29) is 20.5 Å². The molecule has 0 fully saturated rings. The molecule has 0 aliphatic carbocycles. The molecule has 0 saturated heterocycles. The molecular formula is C19H14ClNO4S2. The van der Waals surface area contributed by atoms with E-state index in [1.165, 1.54) is 24.3 Å². The third-order valence-corrected chi connectivity index (χ3v) is 9.05. The number of fused-ring (bicyclic) bond motifs is 3. The number of anilines is 1. The summed E-state index contributed by atoms with van der Waals surface area (Å²) >= 11 is 6.08. The highest BCUT2D eigenvalue weighted by Gasteiger charge is 2.42. The lowest BCUT2D eigenvalue weighted by atomic mass is 10.0. The summed E-state index contributed by atoms with van der Waals surface area (Å²) in [4.78, 5) is -0.235. The summed E-state index contributed by atoms with van der Waals surface area (Å²) in [5.74, 6) is 0. The fourth-order valence-electron chi connectivity index (χ4n) is 3.08. The summed E-state index contributed by atoms with van der Waals surface area (Å²) in [5.41, 5.74) is 1.79. The standard InChI is InChI=1S/C19H14ClNO4S2/c1-13-10-11-14(12-17(13)20)26(22,23)21-18-8-4-2-6-15(18)16-7-3-5-9-19(16)27(21,24)25/h2-12H,1H3. The summed E-state index contributed by atoms with van der Waals surface area (Å²) in [6, 6.07) is 17.1. The van der Waals surface area contributed by atoms with Gasteiger partial charge in [0, 0.05) is 16.1 Å². The van der Waals surface area contributed by atoms with E-state index in [2.05, 4.69) is 0 Å². The van der Waals surface area contributed by atoms with Crippen LogP contribution in [-0.2, 0) is 20.0 Å².